The molecule has 2 atom stereocenters. The number of rotatable bonds is 3. The van der Waals surface area contributed by atoms with E-state index in [0.29, 0.717) is 31.9 Å². The molecule has 0 aromatic carbocycles. The van der Waals surface area contributed by atoms with Gasteiger partial charge in [0.2, 0.25) is 5.95 Å². The first-order valence-corrected chi connectivity index (χ1v) is 6.87. The number of halogens is 3. The predicted octanol–water partition coefficient (Wildman–Crippen LogP) is 1.60. The molecule has 2 aliphatic heterocycles. The smallest absolute Gasteiger partial charge is 0.338 e. The van der Waals surface area contributed by atoms with Gasteiger partial charge in [-0.1, -0.05) is 0 Å². The van der Waals surface area contributed by atoms with Crippen molar-refractivity contribution in [3.63, 3.8) is 0 Å². The largest absolute Gasteiger partial charge is 0.401 e. The zero-order valence-corrected chi connectivity index (χ0v) is 11.5. The molecule has 2 aliphatic rings. The van der Waals surface area contributed by atoms with Gasteiger partial charge in [0.15, 0.2) is 0 Å². The molecule has 22 heavy (non-hydrogen) atoms. The molecule has 0 spiro atoms. The van der Waals surface area contributed by atoms with Crippen LogP contribution in [0.15, 0.2) is 12.4 Å². The zero-order valence-electron chi connectivity index (χ0n) is 11.5. The number of anilines is 1. The topological polar surface area (TPSA) is 75.4 Å². The number of nitro groups is 1. The van der Waals surface area contributed by atoms with Gasteiger partial charge in [0, 0.05) is 25.2 Å². The second-order valence-electron chi connectivity index (χ2n) is 5.58. The monoisotopic (exact) mass is 317 g/mol. The predicted molar refractivity (Wildman–Crippen MR) is 70.5 cm³/mol. The molecule has 0 N–H and O–H groups in total. The summed E-state index contributed by atoms with van der Waals surface area (Å²) in [5.74, 6) is 0.328. The first-order chi connectivity index (χ1) is 10.3. The van der Waals surface area contributed by atoms with Crippen LogP contribution in [-0.4, -0.2) is 57.7 Å². The lowest BCUT2D eigenvalue weighted by Gasteiger charge is -2.41. The SMILES string of the molecule is O=[N+]([O-])c1cnc(N2CC3CCC(C2)N3CC(F)(F)F)nc1. The van der Waals surface area contributed by atoms with Crippen molar-refractivity contribution in [3.05, 3.63) is 22.5 Å². The van der Waals surface area contributed by atoms with Gasteiger partial charge in [0.25, 0.3) is 0 Å². The number of aromatic nitrogens is 2. The summed E-state index contributed by atoms with van der Waals surface area (Å²) in [6.07, 6.45) is -0.542. The van der Waals surface area contributed by atoms with E-state index in [-0.39, 0.29) is 17.8 Å². The van der Waals surface area contributed by atoms with Crippen molar-refractivity contribution >= 4 is 11.6 Å². The van der Waals surface area contributed by atoms with Gasteiger partial charge in [-0.2, -0.15) is 13.2 Å². The third kappa shape index (κ3) is 2.96. The summed E-state index contributed by atoms with van der Waals surface area (Å²) in [6, 6.07) is -0.363. The highest BCUT2D eigenvalue weighted by Gasteiger charge is 2.45. The van der Waals surface area contributed by atoms with Crippen molar-refractivity contribution in [1.82, 2.24) is 14.9 Å². The Morgan fingerprint density at radius 3 is 2.23 bits per heavy atom. The van der Waals surface area contributed by atoms with Crippen molar-refractivity contribution < 1.29 is 18.1 Å². The van der Waals surface area contributed by atoms with Crippen LogP contribution in [0.25, 0.3) is 0 Å². The van der Waals surface area contributed by atoms with Crippen molar-refractivity contribution in [2.45, 2.75) is 31.1 Å². The van der Waals surface area contributed by atoms with Crippen LogP contribution in [0.2, 0.25) is 0 Å². The fourth-order valence-corrected chi connectivity index (χ4v) is 3.19. The first kappa shape index (κ1) is 14.9. The van der Waals surface area contributed by atoms with E-state index in [2.05, 4.69) is 9.97 Å². The minimum atomic E-state index is -4.20. The van der Waals surface area contributed by atoms with Crippen LogP contribution >= 0.6 is 0 Å². The van der Waals surface area contributed by atoms with Crippen LogP contribution in [0.5, 0.6) is 0 Å². The van der Waals surface area contributed by atoms with Crippen molar-refractivity contribution in [3.8, 4) is 0 Å². The number of nitrogens with zero attached hydrogens (tertiary/aromatic N) is 5. The molecule has 0 saturated carbocycles. The fourth-order valence-electron chi connectivity index (χ4n) is 3.19. The van der Waals surface area contributed by atoms with Crippen molar-refractivity contribution in [2.24, 2.45) is 0 Å². The van der Waals surface area contributed by atoms with Crippen LogP contribution < -0.4 is 4.90 Å². The Bertz CT molecular complexity index is 551. The molecule has 0 aliphatic carbocycles. The summed E-state index contributed by atoms with van der Waals surface area (Å²) < 4.78 is 37.8. The van der Waals surface area contributed by atoms with E-state index < -0.39 is 17.6 Å². The van der Waals surface area contributed by atoms with E-state index in [1.807, 2.05) is 0 Å². The van der Waals surface area contributed by atoms with Gasteiger partial charge in [-0.05, 0) is 12.8 Å². The Balaban J connectivity index is 1.71. The molecule has 7 nitrogen and oxygen atoms in total. The molecule has 3 rings (SSSR count). The number of fused-ring (bicyclic) bond motifs is 2. The molecular formula is C12H14F3N5O2. The highest BCUT2D eigenvalue weighted by atomic mass is 19.4. The maximum Gasteiger partial charge on any atom is 0.401 e. The normalized spacial score (nSPS) is 25.5. The summed E-state index contributed by atoms with van der Waals surface area (Å²) in [5.41, 5.74) is -0.206. The maximum atomic E-state index is 12.6. The average Bonchev–Trinajstić information content (AvgIpc) is 2.68. The molecule has 0 amide bonds. The molecule has 2 saturated heterocycles. The number of hydrogen-bond donors (Lipinski definition) is 0. The molecule has 2 bridgehead atoms. The lowest BCUT2D eigenvalue weighted by atomic mass is 10.2. The van der Waals surface area contributed by atoms with Gasteiger partial charge in [-0.15, -0.1) is 0 Å². The van der Waals surface area contributed by atoms with Crippen LogP contribution in [-0.2, 0) is 0 Å². The van der Waals surface area contributed by atoms with E-state index in [1.165, 1.54) is 4.90 Å². The lowest BCUT2D eigenvalue weighted by Crippen LogP contribution is -2.56. The third-order valence-corrected chi connectivity index (χ3v) is 4.11. The van der Waals surface area contributed by atoms with Crippen molar-refractivity contribution in [1.29, 1.82) is 0 Å². The second kappa shape index (κ2) is 5.34. The van der Waals surface area contributed by atoms with Gasteiger partial charge in [0.05, 0.1) is 11.5 Å². The van der Waals surface area contributed by atoms with E-state index in [9.17, 15) is 23.3 Å². The molecule has 2 unspecified atom stereocenters. The van der Waals surface area contributed by atoms with Crippen molar-refractivity contribution in [2.75, 3.05) is 24.5 Å². The van der Waals surface area contributed by atoms with Gasteiger partial charge in [0.1, 0.15) is 12.4 Å². The molecule has 120 valence electrons. The zero-order chi connectivity index (χ0) is 15.9. The maximum absolute atomic E-state index is 12.6. The molecule has 1 aromatic heterocycles. The molecule has 2 fully saturated rings. The molecule has 3 heterocycles. The van der Waals surface area contributed by atoms with Gasteiger partial charge >= 0.3 is 11.9 Å². The van der Waals surface area contributed by atoms with Gasteiger partial charge in [-0.3, -0.25) is 15.0 Å². The lowest BCUT2D eigenvalue weighted by molar-refractivity contribution is -0.385. The summed E-state index contributed by atoms with van der Waals surface area (Å²) in [5, 5.41) is 10.6. The van der Waals surface area contributed by atoms with E-state index in [0.717, 1.165) is 12.4 Å². The van der Waals surface area contributed by atoms with E-state index >= 15 is 0 Å². The molecular weight excluding hydrogens is 303 g/mol. The van der Waals surface area contributed by atoms with Gasteiger partial charge in [-0.25, -0.2) is 9.97 Å². The minimum Gasteiger partial charge on any atom is -0.338 e. The van der Waals surface area contributed by atoms with E-state index in [1.54, 1.807) is 4.90 Å². The van der Waals surface area contributed by atoms with Crippen LogP contribution in [0.4, 0.5) is 24.8 Å². The number of hydrogen-bond acceptors (Lipinski definition) is 6. The summed E-state index contributed by atoms with van der Waals surface area (Å²) in [6.45, 7) is -0.0773. The summed E-state index contributed by atoms with van der Waals surface area (Å²) >= 11 is 0. The Morgan fingerprint density at radius 1 is 1.23 bits per heavy atom. The van der Waals surface area contributed by atoms with Crippen LogP contribution in [0.3, 0.4) is 0 Å². The molecule has 0 radical (unpaired) electrons. The molecule has 10 heteroatoms. The summed E-state index contributed by atoms with van der Waals surface area (Å²) in [4.78, 5) is 21.2. The first-order valence-electron chi connectivity index (χ1n) is 6.87. The fraction of sp³-hybridized carbons (Fsp3) is 0.667. The Labute approximate surface area is 123 Å². The highest BCUT2D eigenvalue weighted by Crippen LogP contribution is 2.34. The van der Waals surface area contributed by atoms with Crippen LogP contribution in [0.1, 0.15) is 12.8 Å². The minimum absolute atomic E-state index is 0.181. The third-order valence-electron chi connectivity index (χ3n) is 4.11. The van der Waals surface area contributed by atoms with Crippen LogP contribution in [0, 0.1) is 10.1 Å². The molecule has 1 aromatic rings. The highest BCUT2D eigenvalue weighted by molar-refractivity contribution is 5.36. The number of alkyl halides is 3. The van der Waals surface area contributed by atoms with E-state index in [4.69, 9.17) is 0 Å². The Kier molecular flexibility index (Phi) is 3.63. The Hall–Kier alpha value is -1.97. The quantitative estimate of drug-likeness (QED) is 0.622. The second-order valence-corrected chi connectivity index (χ2v) is 5.58. The standard InChI is InChI=1S/C12H14F3N5O2/c13-12(14,15)7-19-8-1-2-9(19)6-18(5-8)11-16-3-10(4-17-11)20(21)22/h3-4,8-9H,1-2,5-7H2. The summed E-state index contributed by atoms with van der Waals surface area (Å²) in [7, 11) is 0. The number of piperazine rings is 1. The average molecular weight is 317 g/mol. The Morgan fingerprint density at radius 2 is 1.77 bits per heavy atom. The van der Waals surface area contributed by atoms with Gasteiger partial charge < -0.3 is 4.90 Å².